The summed E-state index contributed by atoms with van der Waals surface area (Å²) >= 11 is 0. The quantitative estimate of drug-likeness (QED) is 0.527. The predicted molar refractivity (Wildman–Crippen MR) is 110 cm³/mol. The van der Waals surface area contributed by atoms with Crippen LogP contribution in [-0.4, -0.2) is 15.3 Å². The number of pyridine rings is 1. The van der Waals surface area contributed by atoms with Crippen LogP contribution in [-0.2, 0) is 6.61 Å². The molecule has 2 aromatic carbocycles. The second kappa shape index (κ2) is 7.75. The number of rotatable bonds is 5. The molecule has 146 valence electrons. The van der Waals surface area contributed by atoms with Gasteiger partial charge < -0.3 is 14.5 Å². The summed E-state index contributed by atoms with van der Waals surface area (Å²) in [6.45, 7) is 4.00. The van der Waals surface area contributed by atoms with E-state index in [1.807, 2.05) is 35.9 Å². The van der Waals surface area contributed by atoms with Gasteiger partial charge in [-0.3, -0.25) is 4.79 Å². The molecule has 0 saturated heterocycles. The summed E-state index contributed by atoms with van der Waals surface area (Å²) in [5.41, 5.74) is 3.93. The van der Waals surface area contributed by atoms with Gasteiger partial charge >= 0.3 is 0 Å². The minimum absolute atomic E-state index is 0.131. The molecule has 29 heavy (non-hydrogen) atoms. The fourth-order valence-corrected chi connectivity index (χ4v) is 3.12. The Labute approximate surface area is 167 Å². The van der Waals surface area contributed by atoms with Crippen LogP contribution in [0.15, 0.2) is 67.0 Å². The lowest BCUT2D eigenvalue weighted by Gasteiger charge is -2.11. The number of aryl methyl sites for hydroxylation is 2. The van der Waals surface area contributed by atoms with Gasteiger partial charge in [-0.25, -0.2) is 9.37 Å². The van der Waals surface area contributed by atoms with E-state index < -0.39 is 11.7 Å². The lowest BCUT2D eigenvalue weighted by atomic mass is 10.1. The number of para-hydroxylation sites is 1. The number of aromatic nitrogens is 2. The van der Waals surface area contributed by atoms with Crippen LogP contribution in [0.2, 0.25) is 0 Å². The number of carbonyl (C=O) groups excluding carboxylic acids is 1. The number of hydrogen-bond acceptors (Lipinski definition) is 3. The molecular formula is C23H20FN3O2. The van der Waals surface area contributed by atoms with Gasteiger partial charge in [0.05, 0.1) is 16.9 Å². The lowest BCUT2D eigenvalue weighted by Crippen LogP contribution is -2.14. The first-order valence-corrected chi connectivity index (χ1v) is 9.24. The van der Waals surface area contributed by atoms with Gasteiger partial charge in [-0.05, 0) is 55.3 Å². The summed E-state index contributed by atoms with van der Waals surface area (Å²) in [5, 5.41) is 2.61. The summed E-state index contributed by atoms with van der Waals surface area (Å²) in [6, 6.07) is 15.5. The van der Waals surface area contributed by atoms with Crippen molar-refractivity contribution in [1.29, 1.82) is 0 Å². The maximum atomic E-state index is 14.1. The van der Waals surface area contributed by atoms with Crippen molar-refractivity contribution < 1.29 is 13.9 Å². The first-order chi connectivity index (χ1) is 14.0. The Morgan fingerprint density at radius 2 is 1.97 bits per heavy atom. The van der Waals surface area contributed by atoms with Crippen molar-refractivity contribution in [2.45, 2.75) is 20.5 Å². The first kappa shape index (κ1) is 18.7. The minimum Gasteiger partial charge on any atom is -0.486 e. The third kappa shape index (κ3) is 3.96. The molecule has 1 N–H and O–H groups in total. The maximum absolute atomic E-state index is 14.1. The molecule has 5 nitrogen and oxygen atoms in total. The largest absolute Gasteiger partial charge is 0.486 e. The fourth-order valence-electron chi connectivity index (χ4n) is 3.12. The molecule has 0 bridgehead atoms. The van der Waals surface area contributed by atoms with Gasteiger partial charge in [0.2, 0.25) is 0 Å². The predicted octanol–water partition coefficient (Wildman–Crippen LogP) is 4.92. The van der Waals surface area contributed by atoms with E-state index in [2.05, 4.69) is 10.3 Å². The Balaban J connectivity index is 1.53. The number of benzene rings is 2. The van der Waals surface area contributed by atoms with E-state index in [0.717, 1.165) is 22.5 Å². The Morgan fingerprint density at radius 3 is 2.76 bits per heavy atom. The number of anilines is 1. The summed E-state index contributed by atoms with van der Waals surface area (Å²) in [6.07, 6.45) is 3.82. The van der Waals surface area contributed by atoms with Gasteiger partial charge in [-0.2, -0.15) is 0 Å². The number of hydrogen-bond donors (Lipinski definition) is 1. The Bertz CT molecular complexity index is 1200. The molecule has 0 aliphatic rings. The molecule has 0 unspecified atom stereocenters. The normalized spacial score (nSPS) is 10.9. The monoisotopic (exact) mass is 389 g/mol. The Kier molecular flexibility index (Phi) is 4.99. The van der Waals surface area contributed by atoms with E-state index in [9.17, 15) is 9.18 Å². The molecular weight excluding hydrogens is 369 g/mol. The minimum atomic E-state index is -0.475. The van der Waals surface area contributed by atoms with Gasteiger partial charge in [0.15, 0.2) is 0 Å². The molecule has 0 aliphatic carbocycles. The average molecular weight is 389 g/mol. The van der Waals surface area contributed by atoms with Gasteiger partial charge in [-0.1, -0.05) is 24.3 Å². The number of ether oxygens (including phenoxy) is 1. The molecule has 0 aliphatic heterocycles. The second-order valence-electron chi connectivity index (χ2n) is 6.88. The maximum Gasteiger partial charge on any atom is 0.259 e. The van der Waals surface area contributed by atoms with Gasteiger partial charge in [0, 0.05) is 12.4 Å². The van der Waals surface area contributed by atoms with E-state index in [1.54, 1.807) is 43.3 Å². The van der Waals surface area contributed by atoms with Gasteiger partial charge in [0.1, 0.15) is 23.8 Å². The molecule has 1 amide bonds. The molecule has 0 saturated carbocycles. The van der Waals surface area contributed by atoms with Crippen LogP contribution in [0.3, 0.4) is 0 Å². The highest BCUT2D eigenvalue weighted by molar-refractivity contribution is 6.06. The molecule has 2 heterocycles. The van der Waals surface area contributed by atoms with Crippen molar-refractivity contribution in [1.82, 2.24) is 9.38 Å². The zero-order chi connectivity index (χ0) is 20.4. The first-order valence-electron chi connectivity index (χ1n) is 9.24. The Morgan fingerprint density at radius 1 is 1.14 bits per heavy atom. The van der Waals surface area contributed by atoms with Crippen molar-refractivity contribution >= 4 is 17.2 Å². The summed E-state index contributed by atoms with van der Waals surface area (Å²) in [5.74, 6) is -0.502. The molecule has 0 spiro atoms. The van der Waals surface area contributed by atoms with Crippen LogP contribution >= 0.6 is 0 Å². The average Bonchev–Trinajstić information content (AvgIpc) is 3.13. The zero-order valence-corrected chi connectivity index (χ0v) is 16.1. The number of nitrogens with zero attached hydrogens (tertiary/aromatic N) is 2. The molecule has 0 radical (unpaired) electrons. The van der Waals surface area contributed by atoms with Crippen molar-refractivity contribution in [3.63, 3.8) is 0 Å². The molecule has 0 atom stereocenters. The standard InChI is InChI=1S/C23H20FN3O2/c1-15-9-10-20(19(24)12-15)26-23(28)18-7-3-4-8-21(18)29-14-17-13-27-11-5-6-16(2)22(27)25-17/h3-13H,14H2,1-2H3,(H,26,28). The zero-order valence-electron chi connectivity index (χ0n) is 16.1. The fraction of sp³-hybridized carbons (Fsp3) is 0.130. The van der Waals surface area contributed by atoms with Crippen LogP contribution in [0.5, 0.6) is 5.75 Å². The van der Waals surface area contributed by atoms with Crippen LogP contribution in [0.25, 0.3) is 5.65 Å². The van der Waals surface area contributed by atoms with Crippen LogP contribution in [0.1, 0.15) is 27.2 Å². The summed E-state index contributed by atoms with van der Waals surface area (Å²) < 4.78 is 21.9. The lowest BCUT2D eigenvalue weighted by molar-refractivity contribution is 0.102. The van der Waals surface area contributed by atoms with E-state index in [1.165, 1.54) is 6.07 Å². The van der Waals surface area contributed by atoms with E-state index in [4.69, 9.17) is 4.74 Å². The van der Waals surface area contributed by atoms with Gasteiger partial charge in [0.25, 0.3) is 5.91 Å². The molecule has 2 aromatic heterocycles. The summed E-state index contributed by atoms with van der Waals surface area (Å²) in [4.78, 5) is 17.3. The third-order valence-electron chi connectivity index (χ3n) is 4.61. The van der Waals surface area contributed by atoms with Crippen LogP contribution in [0, 0.1) is 19.7 Å². The van der Waals surface area contributed by atoms with E-state index >= 15 is 0 Å². The molecule has 0 fully saturated rings. The molecule has 6 heteroatoms. The topological polar surface area (TPSA) is 55.6 Å². The number of fused-ring (bicyclic) bond motifs is 1. The molecule has 4 aromatic rings. The number of imidazole rings is 1. The van der Waals surface area contributed by atoms with E-state index in [-0.39, 0.29) is 12.3 Å². The van der Waals surface area contributed by atoms with E-state index in [0.29, 0.717) is 11.3 Å². The highest BCUT2D eigenvalue weighted by atomic mass is 19.1. The smallest absolute Gasteiger partial charge is 0.259 e. The van der Waals surface area contributed by atoms with Crippen molar-refractivity contribution in [3.05, 3.63) is 95.2 Å². The highest BCUT2D eigenvalue weighted by Gasteiger charge is 2.15. The van der Waals surface area contributed by atoms with Gasteiger partial charge in [-0.15, -0.1) is 0 Å². The van der Waals surface area contributed by atoms with Crippen LogP contribution in [0.4, 0.5) is 10.1 Å². The highest BCUT2D eigenvalue weighted by Crippen LogP contribution is 2.23. The number of halogens is 1. The summed E-state index contributed by atoms with van der Waals surface area (Å²) in [7, 11) is 0. The third-order valence-corrected chi connectivity index (χ3v) is 4.61. The van der Waals surface area contributed by atoms with Crippen molar-refractivity contribution in [2.75, 3.05) is 5.32 Å². The second-order valence-corrected chi connectivity index (χ2v) is 6.88. The Hall–Kier alpha value is -3.67. The number of amides is 1. The van der Waals surface area contributed by atoms with Crippen molar-refractivity contribution in [3.8, 4) is 5.75 Å². The molecule has 4 rings (SSSR count). The SMILES string of the molecule is Cc1ccc(NC(=O)c2ccccc2OCc2cn3cccc(C)c3n2)c(F)c1. The van der Waals surface area contributed by atoms with Crippen molar-refractivity contribution in [2.24, 2.45) is 0 Å². The number of nitrogens with one attached hydrogen (secondary N) is 1. The van der Waals surface area contributed by atoms with Crippen LogP contribution < -0.4 is 10.1 Å². The number of carbonyl (C=O) groups is 1.